The fourth-order valence-corrected chi connectivity index (χ4v) is 2.89. The quantitative estimate of drug-likeness (QED) is 0.368. The Morgan fingerprint density at radius 2 is 1.38 bits per heavy atom. The van der Waals surface area contributed by atoms with Gasteiger partial charge in [0.15, 0.2) is 0 Å². The van der Waals surface area contributed by atoms with Crippen LogP contribution < -0.4 is 5.73 Å². The molecule has 4 rings (SSSR count). The van der Waals surface area contributed by atoms with E-state index in [1.165, 1.54) is 0 Å². The molecule has 0 saturated heterocycles. The fourth-order valence-electron chi connectivity index (χ4n) is 2.89. The summed E-state index contributed by atoms with van der Waals surface area (Å²) < 4.78 is 0. The first kappa shape index (κ1) is 14.2. The van der Waals surface area contributed by atoms with Gasteiger partial charge in [-0.15, -0.1) is 10.2 Å². The Labute approximate surface area is 138 Å². The highest BCUT2D eigenvalue weighted by Crippen LogP contribution is 2.37. The molecule has 0 radical (unpaired) electrons. The fraction of sp³-hybridized carbons (Fsp3) is 0. The zero-order valence-corrected chi connectivity index (χ0v) is 12.8. The molecule has 0 spiro atoms. The predicted molar refractivity (Wildman–Crippen MR) is 98.1 cm³/mol. The van der Waals surface area contributed by atoms with E-state index >= 15 is 0 Å². The van der Waals surface area contributed by atoms with E-state index in [2.05, 4.69) is 10.2 Å². The Morgan fingerprint density at radius 3 is 2.29 bits per heavy atom. The number of nitrogens with two attached hydrogens (primary N) is 1. The summed E-state index contributed by atoms with van der Waals surface area (Å²) in [4.78, 5) is 0. The third-order valence-corrected chi connectivity index (χ3v) is 4.06. The largest absolute Gasteiger partial charge is 0.507 e. The summed E-state index contributed by atoms with van der Waals surface area (Å²) in [7, 11) is 0. The second-order valence-corrected chi connectivity index (χ2v) is 5.57. The maximum Gasteiger partial charge on any atom is 0.123 e. The molecule has 0 saturated carbocycles. The molecular formula is C20H15N3O. The average Bonchev–Trinajstić information content (AvgIpc) is 2.62. The number of hydrogen-bond donors (Lipinski definition) is 2. The lowest BCUT2D eigenvalue weighted by atomic mass is 10.1. The lowest BCUT2D eigenvalue weighted by molar-refractivity contribution is 0.481. The molecular weight excluding hydrogens is 298 g/mol. The third-order valence-electron chi connectivity index (χ3n) is 4.06. The summed E-state index contributed by atoms with van der Waals surface area (Å²) in [5.74, 6) is 0.182. The van der Waals surface area contributed by atoms with Gasteiger partial charge < -0.3 is 10.8 Å². The van der Waals surface area contributed by atoms with Crippen LogP contribution in [0.5, 0.6) is 5.75 Å². The molecule has 0 amide bonds. The predicted octanol–water partition coefficient (Wildman–Crippen LogP) is 5.70. The monoisotopic (exact) mass is 313 g/mol. The molecule has 4 nitrogen and oxygen atoms in total. The Morgan fingerprint density at radius 1 is 0.667 bits per heavy atom. The summed E-state index contributed by atoms with van der Waals surface area (Å²) >= 11 is 0. The van der Waals surface area contributed by atoms with Gasteiger partial charge in [-0.05, 0) is 29.7 Å². The van der Waals surface area contributed by atoms with E-state index in [4.69, 9.17) is 5.73 Å². The molecule has 0 atom stereocenters. The Kier molecular flexibility index (Phi) is 3.35. The number of phenolic OH excluding ortho intramolecular Hbond substituents is 1. The van der Waals surface area contributed by atoms with E-state index in [-0.39, 0.29) is 5.75 Å². The van der Waals surface area contributed by atoms with Gasteiger partial charge in [-0.2, -0.15) is 0 Å². The molecule has 0 aromatic heterocycles. The summed E-state index contributed by atoms with van der Waals surface area (Å²) in [5, 5.41) is 22.4. The van der Waals surface area contributed by atoms with Crippen molar-refractivity contribution in [2.24, 2.45) is 10.2 Å². The van der Waals surface area contributed by atoms with E-state index in [1.807, 2.05) is 54.6 Å². The molecule has 0 heterocycles. The van der Waals surface area contributed by atoms with Crippen LogP contribution in [0.1, 0.15) is 0 Å². The molecule has 4 heteroatoms. The van der Waals surface area contributed by atoms with Crippen LogP contribution in [0.15, 0.2) is 83.0 Å². The van der Waals surface area contributed by atoms with E-state index < -0.39 is 0 Å². The van der Waals surface area contributed by atoms with E-state index in [1.54, 1.807) is 18.2 Å². The maximum atomic E-state index is 10.0. The van der Waals surface area contributed by atoms with Gasteiger partial charge in [-0.1, -0.05) is 48.5 Å². The number of hydrogen-bond acceptors (Lipinski definition) is 4. The summed E-state index contributed by atoms with van der Waals surface area (Å²) in [6.07, 6.45) is 0. The van der Waals surface area contributed by atoms with Gasteiger partial charge in [0.05, 0.1) is 11.4 Å². The van der Waals surface area contributed by atoms with Crippen LogP contribution >= 0.6 is 0 Å². The first-order chi connectivity index (χ1) is 11.7. The van der Waals surface area contributed by atoms with E-state index in [9.17, 15) is 5.11 Å². The molecule has 0 aliphatic carbocycles. The SMILES string of the molecule is Nc1cccc2c(O)ccc(N=Nc3cccc4ccccc34)c12. The zero-order valence-electron chi connectivity index (χ0n) is 12.8. The van der Waals surface area contributed by atoms with Crippen molar-refractivity contribution in [3.05, 3.63) is 72.8 Å². The zero-order chi connectivity index (χ0) is 16.5. The molecule has 0 unspecified atom stereocenters. The summed E-state index contributed by atoms with van der Waals surface area (Å²) in [6, 6.07) is 22.7. The number of aromatic hydroxyl groups is 1. The number of benzene rings is 4. The van der Waals surface area contributed by atoms with Gasteiger partial charge in [0.2, 0.25) is 0 Å². The molecule has 0 fully saturated rings. The van der Waals surface area contributed by atoms with Crippen LogP contribution in [0.2, 0.25) is 0 Å². The van der Waals surface area contributed by atoms with Crippen LogP contribution in [0.4, 0.5) is 17.1 Å². The minimum Gasteiger partial charge on any atom is -0.507 e. The van der Waals surface area contributed by atoms with Crippen molar-refractivity contribution in [2.45, 2.75) is 0 Å². The van der Waals surface area contributed by atoms with Gasteiger partial charge in [-0.25, -0.2) is 0 Å². The standard InChI is InChI=1S/C20H15N3O/c21-16-9-4-8-15-19(24)12-11-18(20(15)16)23-22-17-10-3-6-13-5-1-2-7-14(13)17/h1-12,24H,21H2. The van der Waals surface area contributed by atoms with Crippen LogP contribution in [0.25, 0.3) is 21.5 Å². The van der Waals surface area contributed by atoms with Crippen molar-refractivity contribution in [3.63, 3.8) is 0 Å². The Balaban J connectivity index is 1.88. The molecule has 116 valence electrons. The minimum absolute atomic E-state index is 0.182. The molecule has 3 N–H and O–H groups in total. The van der Waals surface area contributed by atoms with Crippen LogP contribution in [0.3, 0.4) is 0 Å². The molecule has 0 aliphatic heterocycles. The number of azo groups is 1. The second-order valence-electron chi connectivity index (χ2n) is 5.57. The van der Waals surface area contributed by atoms with Crippen molar-refractivity contribution >= 4 is 38.6 Å². The lowest BCUT2D eigenvalue weighted by Gasteiger charge is -2.07. The first-order valence-electron chi connectivity index (χ1n) is 7.64. The topological polar surface area (TPSA) is 71.0 Å². The number of nitrogens with zero attached hydrogens (tertiary/aromatic N) is 2. The van der Waals surface area contributed by atoms with Crippen LogP contribution in [-0.2, 0) is 0 Å². The third kappa shape index (κ3) is 2.34. The highest BCUT2D eigenvalue weighted by molar-refractivity contribution is 6.04. The number of anilines is 1. The first-order valence-corrected chi connectivity index (χ1v) is 7.64. The van der Waals surface area contributed by atoms with Gasteiger partial charge >= 0.3 is 0 Å². The molecule has 4 aromatic rings. The average molecular weight is 313 g/mol. The minimum atomic E-state index is 0.182. The van der Waals surface area contributed by atoms with Crippen LogP contribution in [-0.4, -0.2) is 5.11 Å². The number of phenols is 1. The van der Waals surface area contributed by atoms with Crippen molar-refractivity contribution in [1.29, 1.82) is 0 Å². The number of fused-ring (bicyclic) bond motifs is 2. The molecule has 0 aliphatic rings. The summed E-state index contributed by atoms with van der Waals surface area (Å²) in [5.41, 5.74) is 8.07. The highest BCUT2D eigenvalue weighted by atomic mass is 16.3. The van der Waals surface area contributed by atoms with E-state index in [0.29, 0.717) is 22.1 Å². The molecule has 24 heavy (non-hydrogen) atoms. The smallest absolute Gasteiger partial charge is 0.123 e. The van der Waals surface area contributed by atoms with Crippen molar-refractivity contribution in [2.75, 3.05) is 5.73 Å². The van der Waals surface area contributed by atoms with Crippen molar-refractivity contribution in [1.82, 2.24) is 0 Å². The highest BCUT2D eigenvalue weighted by Gasteiger charge is 2.08. The maximum absolute atomic E-state index is 10.0. The number of rotatable bonds is 2. The van der Waals surface area contributed by atoms with Gasteiger partial charge in [0.1, 0.15) is 5.75 Å². The lowest BCUT2D eigenvalue weighted by Crippen LogP contribution is -1.87. The summed E-state index contributed by atoms with van der Waals surface area (Å²) in [6.45, 7) is 0. The Hall–Kier alpha value is -3.40. The van der Waals surface area contributed by atoms with E-state index in [0.717, 1.165) is 16.5 Å². The van der Waals surface area contributed by atoms with Crippen molar-refractivity contribution < 1.29 is 5.11 Å². The Bertz CT molecular complexity index is 1080. The molecule has 0 bridgehead atoms. The molecule has 4 aromatic carbocycles. The van der Waals surface area contributed by atoms with Crippen molar-refractivity contribution in [3.8, 4) is 5.75 Å². The normalized spacial score (nSPS) is 11.5. The van der Waals surface area contributed by atoms with Crippen LogP contribution in [0, 0.1) is 0 Å². The van der Waals surface area contributed by atoms with Gasteiger partial charge in [-0.3, -0.25) is 0 Å². The number of nitrogen functional groups attached to an aromatic ring is 1. The second kappa shape index (κ2) is 5.66. The van der Waals surface area contributed by atoms with Gasteiger partial charge in [0.25, 0.3) is 0 Å². The van der Waals surface area contributed by atoms with Gasteiger partial charge in [0, 0.05) is 21.8 Å².